The van der Waals surface area contributed by atoms with Crippen LogP contribution in [-0.4, -0.2) is 12.3 Å². The number of carbonyl (C=O) groups excluding carboxylic acids is 1. The third-order valence-corrected chi connectivity index (χ3v) is 3.81. The lowest BCUT2D eigenvalue weighted by Gasteiger charge is -2.25. The van der Waals surface area contributed by atoms with Crippen molar-refractivity contribution in [1.82, 2.24) is 5.32 Å². The van der Waals surface area contributed by atoms with E-state index < -0.39 is 0 Å². The fourth-order valence-corrected chi connectivity index (χ4v) is 2.74. The van der Waals surface area contributed by atoms with Crippen LogP contribution in [0.15, 0.2) is 48.5 Å². The Morgan fingerprint density at radius 2 is 1.90 bits per heavy atom. The Balaban J connectivity index is 1.84. The lowest BCUT2D eigenvalue weighted by molar-refractivity contribution is -0.120. The number of carbonyl (C=O) groups is 1. The number of benzene rings is 2. The Hall–Kier alpha value is -2.00. The second kappa shape index (κ2) is 5.55. The summed E-state index contributed by atoms with van der Waals surface area (Å²) < 4.78 is 13.6. The molecule has 2 aromatic rings. The zero-order valence-electron chi connectivity index (χ0n) is 11.1. The molecule has 3 heteroatoms. The van der Waals surface area contributed by atoms with Gasteiger partial charge in [-0.1, -0.05) is 42.5 Å². The van der Waals surface area contributed by atoms with Crippen LogP contribution in [0, 0.1) is 5.82 Å². The molecular weight excluding hydrogens is 253 g/mol. The zero-order chi connectivity index (χ0) is 13.9. The summed E-state index contributed by atoms with van der Waals surface area (Å²) in [6.07, 6.45) is 0.146. The van der Waals surface area contributed by atoms with Crippen molar-refractivity contribution in [2.45, 2.75) is 18.9 Å². The molecule has 0 saturated carbocycles. The van der Waals surface area contributed by atoms with E-state index in [4.69, 9.17) is 0 Å². The van der Waals surface area contributed by atoms with E-state index in [0.717, 1.165) is 17.7 Å². The van der Waals surface area contributed by atoms with Gasteiger partial charge in [-0.3, -0.25) is 4.79 Å². The van der Waals surface area contributed by atoms with Gasteiger partial charge in [0.15, 0.2) is 0 Å². The Labute approximate surface area is 117 Å². The Kier molecular flexibility index (Phi) is 3.61. The molecular formula is C17H16FNO. The minimum atomic E-state index is -0.307. The smallest absolute Gasteiger partial charge is 0.146 e. The fourth-order valence-electron chi connectivity index (χ4n) is 2.74. The first kappa shape index (κ1) is 13.0. The van der Waals surface area contributed by atoms with Crippen molar-refractivity contribution in [2.24, 2.45) is 0 Å². The lowest BCUT2D eigenvalue weighted by Crippen LogP contribution is -2.33. The number of rotatable bonds is 3. The molecule has 102 valence electrons. The summed E-state index contributed by atoms with van der Waals surface area (Å²) in [5, 5.41) is 3.26. The average Bonchev–Trinajstić information content (AvgIpc) is 2.49. The molecule has 2 nitrogen and oxygen atoms in total. The molecule has 1 N–H and O–H groups in total. The second-order valence-electron chi connectivity index (χ2n) is 5.12. The molecule has 0 aliphatic carbocycles. The highest BCUT2D eigenvalue weighted by Gasteiger charge is 2.26. The molecule has 1 unspecified atom stereocenters. The minimum Gasteiger partial charge on any atom is -0.312 e. The van der Waals surface area contributed by atoms with Crippen LogP contribution >= 0.6 is 0 Å². The summed E-state index contributed by atoms with van der Waals surface area (Å²) in [7, 11) is 0. The highest BCUT2D eigenvalue weighted by Crippen LogP contribution is 2.26. The van der Waals surface area contributed by atoms with Crippen molar-refractivity contribution in [3.05, 3.63) is 71.0 Å². The summed E-state index contributed by atoms with van der Waals surface area (Å²) in [4.78, 5) is 12.5. The van der Waals surface area contributed by atoms with Gasteiger partial charge in [0.05, 0.1) is 5.92 Å². The maximum Gasteiger partial charge on any atom is 0.146 e. The fraction of sp³-hybridized carbons (Fsp3) is 0.235. The summed E-state index contributed by atoms with van der Waals surface area (Å²) in [6, 6.07) is 14.4. The molecule has 0 fully saturated rings. The molecule has 1 aliphatic rings. The normalized spacial score (nSPS) is 17.6. The quantitative estimate of drug-likeness (QED) is 0.928. The van der Waals surface area contributed by atoms with Crippen molar-refractivity contribution < 1.29 is 9.18 Å². The standard InChI is InChI=1S/C17H16FNO/c18-16-8-4-2-5-12(16)9-17(20)15-11-19-10-13-6-1-3-7-14(13)15/h1-8,15,19H,9-11H2. The maximum atomic E-state index is 13.6. The van der Waals surface area contributed by atoms with Crippen LogP contribution in [0.25, 0.3) is 0 Å². The molecule has 1 atom stereocenters. The highest BCUT2D eigenvalue weighted by molar-refractivity contribution is 5.88. The number of hydrogen-bond donors (Lipinski definition) is 1. The molecule has 0 radical (unpaired) electrons. The molecule has 1 heterocycles. The minimum absolute atomic E-state index is 0.0646. The van der Waals surface area contributed by atoms with Crippen molar-refractivity contribution in [3.63, 3.8) is 0 Å². The van der Waals surface area contributed by atoms with Crippen molar-refractivity contribution in [2.75, 3.05) is 6.54 Å². The zero-order valence-corrected chi connectivity index (χ0v) is 11.1. The molecule has 0 saturated heterocycles. The molecule has 0 aromatic heterocycles. The second-order valence-corrected chi connectivity index (χ2v) is 5.12. The molecule has 3 rings (SSSR count). The Morgan fingerprint density at radius 1 is 1.15 bits per heavy atom. The Morgan fingerprint density at radius 3 is 2.75 bits per heavy atom. The SMILES string of the molecule is O=C(Cc1ccccc1F)C1CNCc2ccccc21. The summed E-state index contributed by atoms with van der Waals surface area (Å²) in [5.41, 5.74) is 2.71. The maximum absolute atomic E-state index is 13.6. The Bertz CT molecular complexity index is 638. The van der Waals surface area contributed by atoms with Crippen molar-refractivity contribution in [3.8, 4) is 0 Å². The van der Waals surface area contributed by atoms with E-state index in [9.17, 15) is 9.18 Å². The third kappa shape index (κ3) is 2.49. The van der Waals surface area contributed by atoms with Crippen LogP contribution in [0.3, 0.4) is 0 Å². The molecule has 20 heavy (non-hydrogen) atoms. The number of ketones is 1. The summed E-state index contributed by atoms with van der Waals surface area (Å²) >= 11 is 0. The van der Waals surface area contributed by atoms with Crippen LogP contribution < -0.4 is 5.32 Å². The first-order valence-corrected chi connectivity index (χ1v) is 6.80. The van der Waals surface area contributed by atoms with E-state index in [1.54, 1.807) is 18.2 Å². The number of hydrogen-bond acceptors (Lipinski definition) is 2. The van der Waals surface area contributed by atoms with E-state index in [-0.39, 0.29) is 23.9 Å². The monoisotopic (exact) mass is 269 g/mol. The van der Waals surface area contributed by atoms with Gasteiger partial charge in [0, 0.05) is 19.5 Å². The van der Waals surface area contributed by atoms with E-state index in [1.165, 1.54) is 6.07 Å². The molecule has 2 aromatic carbocycles. The van der Waals surface area contributed by atoms with Gasteiger partial charge in [-0.15, -0.1) is 0 Å². The largest absolute Gasteiger partial charge is 0.312 e. The van der Waals surface area contributed by atoms with Gasteiger partial charge in [-0.25, -0.2) is 4.39 Å². The average molecular weight is 269 g/mol. The van der Waals surface area contributed by atoms with Crippen LogP contribution in [0.1, 0.15) is 22.6 Å². The molecule has 1 aliphatic heterocycles. The lowest BCUT2D eigenvalue weighted by atomic mass is 9.85. The molecule has 0 amide bonds. The van der Waals surface area contributed by atoms with Gasteiger partial charge < -0.3 is 5.32 Å². The highest BCUT2D eigenvalue weighted by atomic mass is 19.1. The van der Waals surface area contributed by atoms with Crippen molar-refractivity contribution >= 4 is 5.78 Å². The van der Waals surface area contributed by atoms with Crippen LogP contribution in [0.4, 0.5) is 4.39 Å². The topological polar surface area (TPSA) is 29.1 Å². The van der Waals surface area contributed by atoms with Crippen molar-refractivity contribution in [1.29, 1.82) is 0 Å². The van der Waals surface area contributed by atoms with E-state index in [2.05, 4.69) is 5.32 Å². The molecule has 0 bridgehead atoms. The van der Waals surface area contributed by atoms with Crippen LogP contribution in [-0.2, 0) is 17.8 Å². The number of halogens is 1. The molecule has 0 spiro atoms. The third-order valence-electron chi connectivity index (χ3n) is 3.81. The predicted octanol–water partition coefficient (Wildman–Crippen LogP) is 2.82. The number of Topliss-reactive ketones (excluding diaryl/α,β-unsaturated/α-hetero) is 1. The summed E-state index contributed by atoms with van der Waals surface area (Å²) in [5.74, 6) is -0.424. The van der Waals surface area contributed by atoms with Gasteiger partial charge in [0.25, 0.3) is 0 Å². The first-order chi connectivity index (χ1) is 9.75. The number of fused-ring (bicyclic) bond motifs is 1. The van der Waals surface area contributed by atoms with E-state index in [0.29, 0.717) is 12.1 Å². The first-order valence-electron chi connectivity index (χ1n) is 6.80. The van der Waals surface area contributed by atoms with Gasteiger partial charge in [-0.05, 0) is 22.8 Å². The van der Waals surface area contributed by atoms with Crippen LogP contribution in [0.2, 0.25) is 0 Å². The van der Waals surface area contributed by atoms with E-state index in [1.807, 2.05) is 24.3 Å². The van der Waals surface area contributed by atoms with Gasteiger partial charge in [-0.2, -0.15) is 0 Å². The summed E-state index contributed by atoms with van der Waals surface area (Å²) in [6.45, 7) is 1.42. The van der Waals surface area contributed by atoms with Gasteiger partial charge >= 0.3 is 0 Å². The number of nitrogens with one attached hydrogen (secondary N) is 1. The van der Waals surface area contributed by atoms with Crippen LogP contribution in [0.5, 0.6) is 0 Å². The van der Waals surface area contributed by atoms with E-state index >= 15 is 0 Å². The predicted molar refractivity (Wildman–Crippen MR) is 76.0 cm³/mol. The van der Waals surface area contributed by atoms with Gasteiger partial charge in [0.2, 0.25) is 0 Å². The van der Waals surface area contributed by atoms with Gasteiger partial charge in [0.1, 0.15) is 11.6 Å².